The Balaban J connectivity index is 1.13. The molecule has 3 fully saturated rings. The molecule has 0 aromatic heterocycles. The molecule has 0 aliphatic carbocycles. The molecule has 2 aromatic rings. The standard InChI is InChI=1S/C34H42ClF3N6O4/c35-27-19-22(18-26(30(27)45)34(36,37)38)20-29(31(46)42-14-8-24(9-15-42)41-12-4-1-5-13-41)40-32(47)43-16-10-25(11-17-43)44-21-23-6-2-3-7-28(23)39-33(44)48/h2-3,6-7,18-19,24-25,29,45H,1,4-5,8-17,20-21H2,(H,39,48)(H,40,47)/t29-/m1/s1. The van der Waals surface area contributed by atoms with Gasteiger partial charge in [0.05, 0.1) is 10.6 Å². The van der Waals surface area contributed by atoms with Gasteiger partial charge in [0.2, 0.25) is 5.91 Å². The summed E-state index contributed by atoms with van der Waals surface area (Å²) < 4.78 is 41.1. The number of nitrogens with one attached hydrogen (secondary N) is 2. The fraction of sp³-hybridized carbons (Fsp3) is 0.559. The summed E-state index contributed by atoms with van der Waals surface area (Å²) >= 11 is 5.99. The predicted octanol–water partition coefficient (Wildman–Crippen LogP) is 5.67. The maximum atomic E-state index is 14.0. The van der Waals surface area contributed by atoms with Gasteiger partial charge in [-0.05, 0) is 80.9 Å². The Morgan fingerprint density at radius 3 is 2.27 bits per heavy atom. The molecule has 1 atom stereocenters. The molecule has 10 nitrogen and oxygen atoms in total. The van der Waals surface area contributed by atoms with Crippen LogP contribution in [0.2, 0.25) is 5.02 Å². The Morgan fingerprint density at radius 1 is 0.938 bits per heavy atom. The van der Waals surface area contributed by atoms with Crippen molar-refractivity contribution >= 4 is 35.3 Å². The third-order valence-electron chi connectivity index (χ3n) is 10.2. The van der Waals surface area contributed by atoms with Gasteiger partial charge in [-0.2, -0.15) is 13.2 Å². The molecule has 3 saturated heterocycles. The molecule has 5 amide bonds. The number of urea groups is 2. The summed E-state index contributed by atoms with van der Waals surface area (Å²) in [5.41, 5.74) is 0.583. The molecule has 0 saturated carbocycles. The van der Waals surface area contributed by atoms with Crippen LogP contribution in [0.15, 0.2) is 36.4 Å². The number of anilines is 1. The molecule has 0 spiro atoms. The molecule has 0 bridgehead atoms. The number of carbonyl (C=O) groups excluding carboxylic acids is 3. The molecular weight excluding hydrogens is 649 g/mol. The number of rotatable bonds is 6. The fourth-order valence-electron chi connectivity index (χ4n) is 7.52. The van der Waals surface area contributed by atoms with Crippen molar-refractivity contribution in [3.05, 3.63) is 58.1 Å². The average molecular weight is 691 g/mol. The van der Waals surface area contributed by atoms with Gasteiger partial charge in [-0.1, -0.05) is 36.2 Å². The summed E-state index contributed by atoms with van der Waals surface area (Å²) in [6.07, 6.45) is 1.12. The van der Waals surface area contributed by atoms with Crippen LogP contribution in [-0.2, 0) is 23.9 Å². The maximum absolute atomic E-state index is 14.0. The van der Waals surface area contributed by atoms with Crippen molar-refractivity contribution in [2.24, 2.45) is 0 Å². The van der Waals surface area contributed by atoms with Crippen molar-refractivity contribution in [2.75, 3.05) is 44.6 Å². The molecule has 6 rings (SSSR count). The van der Waals surface area contributed by atoms with E-state index in [1.54, 1.807) is 14.7 Å². The summed E-state index contributed by atoms with van der Waals surface area (Å²) in [5.74, 6) is -1.44. The Morgan fingerprint density at radius 2 is 1.58 bits per heavy atom. The summed E-state index contributed by atoms with van der Waals surface area (Å²) in [6, 6.07) is 8.08. The number of hydrogen-bond donors (Lipinski definition) is 3. The number of nitrogens with zero attached hydrogens (tertiary/aromatic N) is 4. The summed E-state index contributed by atoms with van der Waals surface area (Å²) in [5, 5.41) is 15.3. The zero-order valence-corrected chi connectivity index (χ0v) is 27.5. The molecule has 4 aliphatic rings. The van der Waals surface area contributed by atoms with Crippen molar-refractivity contribution in [3.63, 3.8) is 0 Å². The van der Waals surface area contributed by atoms with Gasteiger partial charge >= 0.3 is 18.2 Å². The highest BCUT2D eigenvalue weighted by Crippen LogP contribution is 2.40. The number of phenolic OH excluding ortho intramolecular Hbond substituents is 1. The summed E-state index contributed by atoms with van der Waals surface area (Å²) in [4.78, 5) is 47.9. The molecule has 48 heavy (non-hydrogen) atoms. The van der Waals surface area contributed by atoms with Crippen molar-refractivity contribution in [3.8, 4) is 5.75 Å². The average Bonchev–Trinajstić information content (AvgIpc) is 3.09. The quantitative estimate of drug-likeness (QED) is 0.362. The number of piperidine rings is 3. The Bertz CT molecular complexity index is 1500. The van der Waals surface area contributed by atoms with E-state index >= 15 is 0 Å². The van der Waals surface area contributed by atoms with Gasteiger partial charge in [0, 0.05) is 56.9 Å². The Labute approximate surface area is 283 Å². The summed E-state index contributed by atoms with van der Waals surface area (Å²) in [6.45, 7) is 4.23. The number of fused-ring (bicyclic) bond motifs is 1. The van der Waals surface area contributed by atoms with Crippen LogP contribution in [0.1, 0.15) is 61.6 Å². The minimum Gasteiger partial charge on any atom is -0.506 e. The van der Waals surface area contributed by atoms with E-state index < -0.39 is 34.6 Å². The van der Waals surface area contributed by atoms with Crippen LogP contribution >= 0.6 is 11.6 Å². The first-order chi connectivity index (χ1) is 23.0. The Kier molecular flexibility index (Phi) is 10.3. The normalized spacial score (nSPS) is 20.7. The lowest BCUT2D eigenvalue weighted by Crippen LogP contribution is -2.57. The van der Waals surface area contributed by atoms with Crippen LogP contribution < -0.4 is 10.6 Å². The molecular formula is C34H42ClF3N6O4. The van der Waals surface area contributed by atoms with E-state index in [-0.39, 0.29) is 30.0 Å². The second-order valence-electron chi connectivity index (χ2n) is 13.3. The van der Waals surface area contributed by atoms with Crippen molar-refractivity contribution in [1.82, 2.24) is 24.9 Å². The number of hydrogen-bond acceptors (Lipinski definition) is 5. The second-order valence-corrected chi connectivity index (χ2v) is 13.7. The number of halogens is 4. The molecule has 4 heterocycles. The number of benzene rings is 2. The van der Waals surface area contributed by atoms with E-state index in [0.29, 0.717) is 51.6 Å². The molecule has 3 N–H and O–H groups in total. The van der Waals surface area contributed by atoms with Crippen LogP contribution in [0.25, 0.3) is 0 Å². The summed E-state index contributed by atoms with van der Waals surface area (Å²) in [7, 11) is 0. The van der Waals surface area contributed by atoms with E-state index in [2.05, 4.69) is 15.5 Å². The molecule has 260 valence electrons. The maximum Gasteiger partial charge on any atom is 0.420 e. The zero-order valence-electron chi connectivity index (χ0n) is 26.8. The van der Waals surface area contributed by atoms with E-state index in [9.17, 15) is 32.7 Å². The van der Waals surface area contributed by atoms with Crippen LogP contribution in [0.4, 0.5) is 28.4 Å². The number of phenols is 1. The number of aromatic hydroxyl groups is 1. The van der Waals surface area contributed by atoms with Crippen LogP contribution in [-0.4, -0.2) is 100 Å². The van der Waals surface area contributed by atoms with Gasteiger partial charge in [-0.25, -0.2) is 9.59 Å². The van der Waals surface area contributed by atoms with Crippen LogP contribution in [0.3, 0.4) is 0 Å². The number of likely N-dealkylation sites (tertiary alicyclic amines) is 3. The number of para-hydroxylation sites is 1. The molecule has 14 heteroatoms. The van der Waals surface area contributed by atoms with Crippen LogP contribution in [0.5, 0.6) is 5.75 Å². The predicted molar refractivity (Wildman–Crippen MR) is 175 cm³/mol. The van der Waals surface area contributed by atoms with Gasteiger partial charge in [-0.15, -0.1) is 0 Å². The lowest BCUT2D eigenvalue weighted by Gasteiger charge is -2.42. The highest BCUT2D eigenvalue weighted by molar-refractivity contribution is 6.32. The molecule has 4 aliphatic heterocycles. The zero-order chi connectivity index (χ0) is 34.0. The third-order valence-corrected chi connectivity index (χ3v) is 10.5. The van der Waals surface area contributed by atoms with Crippen molar-refractivity contribution in [1.29, 1.82) is 0 Å². The van der Waals surface area contributed by atoms with Crippen molar-refractivity contribution < 1.29 is 32.7 Å². The minimum absolute atomic E-state index is 0.0714. The van der Waals surface area contributed by atoms with E-state index in [0.717, 1.165) is 43.2 Å². The van der Waals surface area contributed by atoms with E-state index in [4.69, 9.17) is 11.6 Å². The van der Waals surface area contributed by atoms with E-state index in [1.807, 2.05) is 24.3 Å². The number of alkyl halides is 3. The van der Waals surface area contributed by atoms with Gasteiger partial charge in [0.1, 0.15) is 11.8 Å². The molecule has 0 radical (unpaired) electrons. The largest absolute Gasteiger partial charge is 0.506 e. The number of amides is 5. The SMILES string of the molecule is O=C(N[C@H](Cc1cc(Cl)c(O)c(C(F)(F)F)c1)C(=O)N1CCC(N2CCCCC2)CC1)N1CCC(N2Cc3ccccc3NC2=O)CC1. The monoisotopic (exact) mass is 690 g/mol. The molecule has 2 aromatic carbocycles. The fourth-order valence-corrected chi connectivity index (χ4v) is 7.76. The lowest BCUT2D eigenvalue weighted by molar-refractivity contribution is -0.138. The van der Waals surface area contributed by atoms with Gasteiger partial charge < -0.3 is 35.3 Å². The van der Waals surface area contributed by atoms with Gasteiger partial charge in [0.15, 0.2) is 0 Å². The first kappa shape index (κ1) is 34.2. The Hall–Kier alpha value is -3.71. The van der Waals surface area contributed by atoms with E-state index in [1.165, 1.54) is 25.3 Å². The first-order valence-corrected chi connectivity index (χ1v) is 17.2. The number of carbonyl (C=O) groups is 3. The first-order valence-electron chi connectivity index (χ1n) is 16.8. The van der Waals surface area contributed by atoms with Crippen molar-refractivity contribution in [2.45, 2.75) is 82.2 Å². The van der Waals surface area contributed by atoms with Gasteiger partial charge in [0.25, 0.3) is 0 Å². The van der Waals surface area contributed by atoms with Gasteiger partial charge in [-0.3, -0.25) is 4.79 Å². The second kappa shape index (κ2) is 14.4. The third kappa shape index (κ3) is 7.62. The highest BCUT2D eigenvalue weighted by Gasteiger charge is 2.38. The lowest BCUT2D eigenvalue weighted by atomic mass is 9.97. The topological polar surface area (TPSA) is 108 Å². The molecule has 0 unspecified atom stereocenters. The smallest absolute Gasteiger partial charge is 0.420 e. The van der Waals surface area contributed by atoms with Crippen LogP contribution in [0, 0.1) is 0 Å². The highest BCUT2D eigenvalue weighted by atomic mass is 35.5. The minimum atomic E-state index is -4.86.